The molecule has 0 aliphatic carbocycles. The maximum absolute atomic E-state index is 12.1. The number of hydrogen-bond acceptors (Lipinski definition) is 3. The minimum Gasteiger partial charge on any atom is -0.468 e. The lowest BCUT2D eigenvalue weighted by atomic mass is 9.90. The van der Waals surface area contributed by atoms with Crippen molar-refractivity contribution in [2.24, 2.45) is 0 Å². The van der Waals surface area contributed by atoms with Gasteiger partial charge in [-0.25, -0.2) is 0 Å². The Balaban J connectivity index is 1.86. The van der Waals surface area contributed by atoms with Crippen LogP contribution in [0.25, 0.3) is 10.9 Å². The lowest BCUT2D eigenvalue weighted by Crippen LogP contribution is -2.45. The Morgan fingerprint density at radius 2 is 1.92 bits per heavy atom. The van der Waals surface area contributed by atoms with Gasteiger partial charge in [0.25, 0.3) is 0 Å². The molecule has 2 aromatic carbocycles. The van der Waals surface area contributed by atoms with Gasteiger partial charge >= 0.3 is 5.97 Å². The van der Waals surface area contributed by atoms with Gasteiger partial charge in [-0.2, -0.15) is 0 Å². The molecule has 0 spiro atoms. The number of esters is 1. The van der Waals surface area contributed by atoms with Gasteiger partial charge in [0.05, 0.1) is 13.2 Å². The molecule has 122 valence electrons. The van der Waals surface area contributed by atoms with Gasteiger partial charge in [-0.1, -0.05) is 41.9 Å². The molecule has 0 amide bonds. The van der Waals surface area contributed by atoms with Crippen LogP contribution < -0.4 is 5.32 Å². The van der Waals surface area contributed by atoms with Crippen LogP contribution in [-0.2, 0) is 16.0 Å². The van der Waals surface area contributed by atoms with Crippen LogP contribution in [0.3, 0.4) is 0 Å². The molecule has 0 saturated carbocycles. The van der Waals surface area contributed by atoms with E-state index >= 15 is 0 Å². The van der Waals surface area contributed by atoms with Gasteiger partial charge in [0.15, 0.2) is 0 Å². The number of H-pyrrole nitrogens is 1. The lowest BCUT2D eigenvalue weighted by molar-refractivity contribution is -0.143. The van der Waals surface area contributed by atoms with E-state index in [1.165, 1.54) is 12.7 Å². The summed E-state index contributed by atoms with van der Waals surface area (Å²) in [5.74, 6) is -0.245. The number of fused-ring (bicyclic) bond motifs is 3. The molecule has 2 heterocycles. The maximum atomic E-state index is 12.1. The fourth-order valence-electron chi connectivity index (χ4n) is 3.45. The van der Waals surface area contributed by atoms with Gasteiger partial charge < -0.3 is 9.72 Å². The van der Waals surface area contributed by atoms with E-state index < -0.39 is 0 Å². The Bertz CT molecular complexity index is 901. The third-order valence-electron chi connectivity index (χ3n) is 4.60. The zero-order chi connectivity index (χ0) is 16.7. The molecule has 2 atom stereocenters. The molecule has 0 fully saturated rings. The highest BCUT2D eigenvalue weighted by Gasteiger charge is 2.34. The van der Waals surface area contributed by atoms with E-state index in [1.54, 1.807) is 0 Å². The number of nitrogens with one attached hydrogen (secondary N) is 2. The van der Waals surface area contributed by atoms with E-state index in [1.807, 2.05) is 36.4 Å². The summed E-state index contributed by atoms with van der Waals surface area (Å²) in [6, 6.07) is 15.4. The van der Waals surface area contributed by atoms with Crippen LogP contribution in [-0.4, -0.2) is 24.1 Å². The normalized spacial score (nSPS) is 19.9. The average molecular weight is 341 g/mol. The zero-order valence-electron chi connectivity index (χ0n) is 13.2. The predicted molar refractivity (Wildman–Crippen MR) is 94.2 cm³/mol. The highest BCUT2D eigenvalue weighted by Crippen LogP contribution is 2.35. The van der Waals surface area contributed by atoms with Crippen LogP contribution in [0, 0.1) is 0 Å². The average Bonchev–Trinajstić information content (AvgIpc) is 2.99. The first-order valence-electron chi connectivity index (χ1n) is 7.86. The molecular weight excluding hydrogens is 324 g/mol. The summed E-state index contributed by atoms with van der Waals surface area (Å²) in [6.07, 6.45) is 0.607. The smallest absolute Gasteiger partial charge is 0.323 e. The van der Waals surface area contributed by atoms with Crippen LogP contribution in [0.1, 0.15) is 22.9 Å². The van der Waals surface area contributed by atoms with Crippen molar-refractivity contribution in [1.29, 1.82) is 0 Å². The second kappa shape index (κ2) is 5.96. The molecule has 0 radical (unpaired) electrons. The summed E-state index contributed by atoms with van der Waals surface area (Å²) in [7, 11) is 1.42. The van der Waals surface area contributed by atoms with Gasteiger partial charge in [0.2, 0.25) is 0 Å². The minimum absolute atomic E-state index is 0.109. The molecule has 4 rings (SSSR count). The van der Waals surface area contributed by atoms with Crippen molar-refractivity contribution < 1.29 is 9.53 Å². The number of aromatic nitrogens is 1. The molecule has 1 aliphatic rings. The summed E-state index contributed by atoms with van der Waals surface area (Å²) < 4.78 is 4.96. The number of carbonyl (C=O) groups is 1. The van der Waals surface area contributed by atoms with Crippen molar-refractivity contribution in [1.82, 2.24) is 10.3 Å². The number of rotatable bonds is 2. The van der Waals surface area contributed by atoms with Gasteiger partial charge in [0, 0.05) is 28.0 Å². The van der Waals surface area contributed by atoms with Gasteiger partial charge in [-0.05, 0) is 29.3 Å². The highest BCUT2D eigenvalue weighted by molar-refractivity contribution is 6.30. The summed E-state index contributed by atoms with van der Waals surface area (Å²) in [4.78, 5) is 15.7. The Morgan fingerprint density at radius 3 is 2.67 bits per heavy atom. The Hall–Kier alpha value is -2.30. The van der Waals surface area contributed by atoms with E-state index in [2.05, 4.69) is 22.4 Å². The lowest BCUT2D eigenvalue weighted by Gasteiger charge is -2.30. The molecule has 5 heteroatoms. The molecule has 4 nitrogen and oxygen atoms in total. The third-order valence-corrected chi connectivity index (χ3v) is 4.85. The highest BCUT2D eigenvalue weighted by atomic mass is 35.5. The molecule has 1 aliphatic heterocycles. The Kier molecular flexibility index (Phi) is 3.79. The quantitative estimate of drug-likeness (QED) is 0.701. The van der Waals surface area contributed by atoms with Crippen LogP contribution >= 0.6 is 11.6 Å². The Morgan fingerprint density at radius 1 is 1.17 bits per heavy atom. The van der Waals surface area contributed by atoms with Crippen molar-refractivity contribution in [2.45, 2.75) is 18.5 Å². The molecule has 24 heavy (non-hydrogen) atoms. The van der Waals surface area contributed by atoms with E-state index in [-0.39, 0.29) is 18.1 Å². The summed E-state index contributed by atoms with van der Waals surface area (Å²) in [6.45, 7) is 0. The number of hydrogen-bond donors (Lipinski definition) is 2. The maximum Gasteiger partial charge on any atom is 0.323 e. The van der Waals surface area contributed by atoms with Crippen molar-refractivity contribution >= 4 is 28.5 Å². The first-order valence-corrected chi connectivity index (χ1v) is 8.24. The number of benzene rings is 2. The monoisotopic (exact) mass is 340 g/mol. The van der Waals surface area contributed by atoms with Crippen molar-refractivity contribution in [3.8, 4) is 0 Å². The van der Waals surface area contributed by atoms with Crippen LogP contribution in [0.5, 0.6) is 0 Å². The van der Waals surface area contributed by atoms with Crippen LogP contribution in [0.15, 0.2) is 48.5 Å². The molecule has 0 saturated heterocycles. The zero-order valence-corrected chi connectivity index (χ0v) is 13.9. The molecule has 1 aromatic heterocycles. The predicted octanol–water partition coefficient (Wildman–Crippen LogP) is 3.60. The summed E-state index contributed by atoms with van der Waals surface area (Å²) >= 11 is 6.01. The van der Waals surface area contributed by atoms with Crippen molar-refractivity contribution in [3.05, 3.63) is 70.4 Å². The topological polar surface area (TPSA) is 54.1 Å². The second-order valence-electron chi connectivity index (χ2n) is 5.99. The first-order chi connectivity index (χ1) is 11.7. The van der Waals surface area contributed by atoms with E-state index in [9.17, 15) is 4.79 Å². The number of para-hydroxylation sites is 1. The van der Waals surface area contributed by atoms with E-state index in [0.29, 0.717) is 11.4 Å². The summed E-state index contributed by atoms with van der Waals surface area (Å²) in [5.41, 5.74) is 4.40. The molecule has 2 N–H and O–H groups in total. The van der Waals surface area contributed by atoms with Crippen molar-refractivity contribution in [2.75, 3.05) is 7.11 Å². The minimum atomic E-state index is -0.373. The second-order valence-corrected chi connectivity index (χ2v) is 6.43. The number of halogens is 1. The van der Waals surface area contributed by atoms with Crippen molar-refractivity contribution in [3.63, 3.8) is 0 Å². The van der Waals surface area contributed by atoms with Gasteiger partial charge in [-0.15, -0.1) is 0 Å². The number of methoxy groups -OCH3 is 1. The third kappa shape index (κ3) is 2.48. The number of ether oxygens (including phenoxy) is 1. The van der Waals surface area contributed by atoms with E-state index in [0.717, 1.165) is 22.2 Å². The standard InChI is InChI=1S/C19H17ClN2O2/c1-24-19(23)16-10-14-13-4-2-3-5-15(13)21-18(14)17(22-16)11-6-8-12(20)9-7-11/h2-9,16-17,21-22H,10H2,1H3/t16-,17?/m0/s1. The summed E-state index contributed by atoms with van der Waals surface area (Å²) in [5, 5.41) is 5.25. The van der Waals surface area contributed by atoms with Gasteiger partial charge in [0.1, 0.15) is 6.04 Å². The fraction of sp³-hybridized carbons (Fsp3) is 0.211. The molecule has 3 aromatic rings. The first kappa shape index (κ1) is 15.2. The Labute approximate surface area is 144 Å². The van der Waals surface area contributed by atoms with E-state index in [4.69, 9.17) is 16.3 Å². The molecular formula is C19H17ClN2O2. The molecule has 1 unspecified atom stereocenters. The fourth-order valence-corrected chi connectivity index (χ4v) is 3.57. The molecule has 0 bridgehead atoms. The SMILES string of the molecule is COC(=O)[C@@H]1Cc2c([nH]c3ccccc23)C(c2ccc(Cl)cc2)N1. The largest absolute Gasteiger partial charge is 0.468 e. The number of aromatic amines is 1. The van der Waals surface area contributed by atoms with Crippen LogP contribution in [0.2, 0.25) is 5.02 Å². The number of carbonyl (C=O) groups excluding carboxylic acids is 1. The van der Waals surface area contributed by atoms with Crippen LogP contribution in [0.4, 0.5) is 0 Å². The van der Waals surface area contributed by atoms with Gasteiger partial charge in [-0.3, -0.25) is 10.1 Å².